The van der Waals surface area contributed by atoms with Crippen LogP contribution in [0, 0.1) is 5.82 Å². The van der Waals surface area contributed by atoms with Crippen LogP contribution >= 0.6 is 11.6 Å². The number of hydrogen-bond acceptors (Lipinski definition) is 6. The standard InChI is InChI=1S/C20H12ClFN4O2/c21-13-5-10(1-3-14(13)22)26-20-12-7-15(23)18(8-16(12)24-9-25-20)28-19-6-11-2-4-17(19)27-11/h1-9H,23H2,(H,24,25,26). The molecular weight excluding hydrogens is 383 g/mol. The van der Waals surface area contributed by atoms with Gasteiger partial charge >= 0.3 is 0 Å². The van der Waals surface area contributed by atoms with Gasteiger partial charge in [0.1, 0.15) is 23.5 Å². The van der Waals surface area contributed by atoms with Crippen LogP contribution in [0.25, 0.3) is 22.1 Å². The molecule has 6 nitrogen and oxygen atoms in total. The zero-order valence-corrected chi connectivity index (χ0v) is 15.0. The van der Waals surface area contributed by atoms with E-state index in [1.54, 1.807) is 24.3 Å². The molecule has 2 bridgehead atoms. The van der Waals surface area contributed by atoms with Gasteiger partial charge in [0.15, 0.2) is 17.1 Å². The summed E-state index contributed by atoms with van der Waals surface area (Å²) in [6.07, 6.45) is 1.42. The lowest BCUT2D eigenvalue weighted by Gasteiger charge is -2.12. The molecule has 3 heterocycles. The third kappa shape index (κ3) is 2.82. The van der Waals surface area contributed by atoms with Crippen molar-refractivity contribution in [1.29, 1.82) is 0 Å². The number of furan rings is 2. The average molecular weight is 395 g/mol. The highest BCUT2D eigenvalue weighted by atomic mass is 35.5. The molecule has 0 fully saturated rings. The summed E-state index contributed by atoms with van der Waals surface area (Å²) in [6, 6.07) is 13.3. The van der Waals surface area contributed by atoms with Gasteiger partial charge in [-0.3, -0.25) is 0 Å². The van der Waals surface area contributed by atoms with Crippen molar-refractivity contribution in [3.63, 3.8) is 0 Å². The normalized spacial score (nSPS) is 11.4. The van der Waals surface area contributed by atoms with E-state index < -0.39 is 5.82 Å². The molecule has 2 aromatic carbocycles. The van der Waals surface area contributed by atoms with Crippen LogP contribution in [-0.4, -0.2) is 9.97 Å². The van der Waals surface area contributed by atoms with Gasteiger partial charge in [-0.1, -0.05) is 11.6 Å². The van der Waals surface area contributed by atoms with Crippen molar-refractivity contribution >= 4 is 50.9 Å². The summed E-state index contributed by atoms with van der Waals surface area (Å²) >= 11 is 5.84. The summed E-state index contributed by atoms with van der Waals surface area (Å²) in [5.74, 6) is 1.08. The lowest BCUT2D eigenvalue weighted by atomic mass is 10.2. The Hall–Kier alpha value is -3.58. The van der Waals surface area contributed by atoms with E-state index in [1.807, 2.05) is 12.1 Å². The minimum atomic E-state index is -0.490. The van der Waals surface area contributed by atoms with Gasteiger partial charge in [0.25, 0.3) is 0 Å². The Labute approximate surface area is 163 Å². The highest BCUT2D eigenvalue weighted by molar-refractivity contribution is 6.31. The van der Waals surface area contributed by atoms with Crippen molar-refractivity contribution in [2.24, 2.45) is 0 Å². The van der Waals surface area contributed by atoms with E-state index in [0.29, 0.717) is 45.2 Å². The fourth-order valence-electron chi connectivity index (χ4n) is 2.96. The minimum Gasteiger partial charge on any atom is -0.453 e. The largest absolute Gasteiger partial charge is 0.453 e. The SMILES string of the molecule is Nc1cc2c(Nc3ccc(F)c(Cl)c3)ncnc2cc1Oc1cc2ccc1o2. The molecule has 0 radical (unpaired) electrons. The second kappa shape index (κ2) is 6.24. The Balaban J connectivity index is 1.52. The van der Waals surface area contributed by atoms with Gasteiger partial charge in [-0.2, -0.15) is 0 Å². The minimum absolute atomic E-state index is 0.0179. The molecule has 0 aliphatic rings. The molecule has 3 N–H and O–H groups in total. The number of ether oxygens (including phenoxy) is 1. The number of nitrogens with zero attached hydrogens (tertiary/aromatic N) is 2. The number of hydrogen-bond donors (Lipinski definition) is 2. The Kier molecular flexibility index (Phi) is 3.70. The molecule has 0 spiro atoms. The predicted molar refractivity (Wildman–Crippen MR) is 106 cm³/mol. The summed E-state index contributed by atoms with van der Waals surface area (Å²) in [5.41, 5.74) is 9.21. The molecule has 138 valence electrons. The van der Waals surface area contributed by atoms with Crippen LogP contribution in [0.3, 0.4) is 0 Å². The molecular formula is C20H12ClFN4O2. The van der Waals surface area contributed by atoms with Crippen LogP contribution in [-0.2, 0) is 0 Å². The number of nitrogen functional groups attached to an aromatic ring is 1. The predicted octanol–water partition coefficient (Wildman–Crippen LogP) is 5.72. The molecule has 5 aromatic rings. The van der Waals surface area contributed by atoms with Gasteiger partial charge in [0.05, 0.1) is 16.2 Å². The molecule has 0 saturated carbocycles. The monoisotopic (exact) mass is 394 g/mol. The number of nitrogens with one attached hydrogen (secondary N) is 1. The maximum atomic E-state index is 13.4. The van der Waals surface area contributed by atoms with Crippen molar-refractivity contribution < 1.29 is 13.5 Å². The summed E-state index contributed by atoms with van der Waals surface area (Å²) < 4.78 is 24.8. The van der Waals surface area contributed by atoms with Crippen LogP contribution in [0.15, 0.2) is 59.3 Å². The number of fused-ring (bicyclic) bond motifs is 3. The van der Waals surface area contributed by atoms with E-state index in [2.05, 4.69) is 15.3 Å². The van der Waals surface area contributed by atoms with Crippen molar-refractivity contribution in [1.82, 2.24) is 9.97 Å². The Morgan fingerprint density at radius 2 is 1.93 bits per heavy atom. The second-order valence-electron chi connectivity index (χ2n) is 6.20. The van der Waals surface area contributed by atoms with Crippen molar-refractivity contribution in [3.05, 3.63) is 65.7 Å². The molecule has 5 rings (SSSR count). The maximum Gasteiger partial charge on any atom is 0.173 e. The Bertz CT molecular complexity index is 1320. The van der Waals surface area contributed by atoms with Gasteiger partial charge in [-0.05, 0) is 36.4 Å². The molecule has 0 unspecified atom stereocenters. The molecule has 28 heavy (non-hydrogen) atoms. The number of rotatable bonds is 4. The topological polar surface area (TPSA) is 86.2 Å². The number of halogens is 2. The molecule has 3 aromatic heterocycles. The van der Waals surface area contributed by atoms with Crippen LogP contribution in [0.5, 0.6) is 11.5 Å². The lowest BCUT2D eigenvalue weighted by Crippen LogP contribution is -1.99. The number of aromatic nitrogens is 2. The van der Waals surface area contributed by atoms with Crippen molar-refractivity contribution in [2.75, 3.05) is 11.1 Å². The van der Waals surface area contributed by atoms with Gasteiger partial charge in [-0.15, -0.1) is 0 Å². The lowest BCUT2D eigenvalue weighted by molar-refractivity contribution is 0.486. The summed E-state index contributed by atoms with van der Waals surface area (Å²) in [6.45, 7) is 0. The molecule has 0 amide bonds. The van der Waals surface area contributed by atoms with Crippen molar-refractivity contribution in [2.45, 2.75) is 0 Å². The number of anilines is 3. The molecule has 0 atom stereocenters. The zero-order chi connectivity index (χ0) is 19.3. The highest BCUT2D eigenvalue weighted by Gasteiger charge is 2.14. The first-order valence-corrected chi connectivity index (χ1v) is 8.71. The van der Waals surface area contributed by atoms with Crippen LogP contribution < -0.4 is 15.8 Å². The summed E-state index contributed by atoms with van der Waals surface area (Å²) in [7, 11) is 0. The van der Waals surface area contributed by atoms with Gasteiger partial charge in [-0.25, -0.2) is 14.4 Å². The fraction of sp³-hybridized carbons (Fsp3) is 0. The average Bonchev–Trinajstić information content (AvgIpc) is 3.29. The molecule has 0 aliphatic heterocycles. The van der Waals surface area contributed by atoms with E-state index in [-0.39, 0.29) is 5.02 Å². The van der Waals surface area contributed by atoms with E-state index in [1.165, 1.54) is 18.5 Å². The van der Waals surface area contributed by atoms with Crippen LogP contribution in [0.4, 0.5) is 21.6 Å². The van der Waals surface area contributed by atoms with Gasteiger partial charge < -0.3 is 20.2 Å². The van der Waals surface area contributed by atoms with Gasteiger partial charge in [0, 0.05) is 23.2 Å². The quantitative estimate of drug-likeness (QED) is 0.379. The van der Waals surface area contributed by atoms with E-state index in [0.717, 1.165) is 5.58 Å². The van der Waals surface area contributed by atoms with E-state index >= 15 is 0 Å². The fourth-order valence-corrected chi connectivity index (χ4v) is 3.14. The van der Waals surface area contributed by atoms with Gasteiger partial charge in [0.2, 0.25) is 0 Å². The molecule has 8 heteroatoms. The first-order chi connectivity index (χ1) is 13.6. The smallest absolute Gasteiger partial charge is 0.173 e. The number of benzene rings is 3. The van der Waals surface area contributed by atoms with E-state index in [4.69, 9.17) is 26.5 Å². The highest BCUT2D eigenvalue weighted by Crippen LogP contribution is 2.38. The first kappa shape index (κ1) is 16.6. The summed E-state index contributed by atoms with van der Waals surface area (Å²) in [4.78, 5) is 8.55. The number of nitrogens with two attached hydrogens (primary N) is 1. The zero-order valence-electron chi connectivity index (χ0n) is 14.2. The third-order valence-corrected chi connectivity index (χ3v) is 4.60. The maximum absolute atomic E-state index is 13.4. The second-order valence-corrected chi connectivity index (χ2v) is 6.60. The van der Waals surface area contributed by atoms with Crippen LogP contribution in [0.2, 0.25) is 5.02 Å². The van der Waals surface area contributed by atoms with E-state index in [9.17, 15) is 4.39 Å². The Morgan fingerprint density at radius 3 is 2.68 bits per heavy atom. The molecule has 0 saturated heterocycles. The summed E-state index contributed by atoms with van der Waals surface area (Å²) in [5, 5.41) is 3.82. The third-order valence-electron chi connectivity index (χ3n) is 4.31. The van der Waals surface area contributed by atoms with Crippen LogP contribution in [0.1, 0.15) is 0 Å². The Morgan fingerprint density at radius 1 is 1.04 bits per heavy atom. The first-order valence-electron chi connectivity index (χ1n) is 8.33. The van der Waals surface area contributed by atoms with Crippen molar-refractivity contribution in [3.8, 4) is 11.5 Å². The molecule has 0 aliphatic carbocycles.